The van der Waals surface area contributed by atoms with Crippen LogP contribution < -0.4 is 4.74 Å². The van der Waals surface area contributed by atoms with Crippen LogP contribution in [-0.4, -0.2) is 22.7 Å². The van der Waals surface area contributed by atoms with Crippen LogP contribution in [0.4, 0.5) is 0 Å². The summed E-state index contributed by atoms with van der Waals surface area (Å²) in [7, 11) is 3.29. The molecule has 0 radical (unpaired) electrons. The van der Waals surface area contributed by atoms with E-state index in [4.69, 9.17) is 4.74 Å². The summed E-state index contributed by atoms with van der Waals surface area (Å²) in [4.78, 5) is 12.7. The largest absolute Gasteiger partial charge is 0.493 e. The van der Waals surface area contributed by atoms with Crippen LogP contribution >= 0.6 is 0 Å². The Morgan fingerprint density at radius 1 is 1.21 bits per heavy atom. The van der Waals surface area contributed by atoms with E-state index in [2.05, 4.69) is 5.10 Å². The third kappa shape index (κ3) is 2.26. The molecule has 0 amide bonds. The predicted molar refractivity (Wildman–Crippen MR) is 73.8 cm³/mol. The van der Waals surface area contributed by atoms with Crippen LogP contribution in [0.15, 0.2) is 18.3 Å². The molecule has 0 spiro atoms. The lowest BCUT2D eigenvalue weighted by Gasteiger charge is -2.11. The lowest BCUT2D eigenvalue weighted by atomic mass is 9.95. The summed E-state index contributed by atoms with van der Waals surface area (Å²) in [5.74, 6) is 0.457. The first kappa shape index (κ1) is 13.3. The van der Waals surface area contributed by atoms with Gasteiger partial charge in [0.15, 0.2) is 11.4 Å². The van der Waals surface area contributed by atoms with Crippen molar-refractivity contribution in [2.45, 2.75) is 20.8 Å². The van der Waals surface area contributed by atoms with Crippen LogP contribution in [-0.2, 0) is 7.05 Å². The van der Waals surface area contributed by atoms with Gasteiger partial charge in [0.05, 0.1) is 13.3 Å². The molecule has 0 fully saturated rings. The lowest BCUT2D eigenvalue weighted by Crippen LogP contribution is -2.12. The normalized spacial score (nSPS) is 10.6. The van der Waals surface area contributed by atoms with Gasteiger partial charge < -0.3 is 4.74 Å². The van der Waals surface area contributed by atoms with Crippen LogP contribution in [0, 0.1) is 20.8 Å². The summed E-state index contributed by atoms with van der Waals surface area (Å²) < 4.78 is 6.76. The first-order chi connectivity index (χ1) is 8.95. The number of benzene rings is 1. The minimum Gasteiger partial charge on any atom is -0.493 e. The van der Waals surface area contributed by atoms with Crippen LogP contribution in [0.1, 0.15) is 32.7 Å². The number of carbonyl (C=O) groups is 1. The van der Waals surface area contributed by atoms with Crippen LogP contribution in [0.5, 0.6) is 5.75 Å². The third-order valence-electron chi connectivity index (χ3n) is 3.24. The Labute approximate surface area is 113 Å². The minimum atomic E-state index is -0.0492. The van der Waals surface area contributed by atoms with E-state index in [0.717, 1.165) is 22.3 Å². The first-order valence-electron chi connectivity index (χ1n) is 6.14. The highest BCUT2D eigenvalue weighted by atomic mass is 16.5. The van der Waals surface area contributed by atoms with Gasteiger partial charge in [-0.3, -0.25) is 9.48 Å². The second-order valence-electron chi connectivity index (χ2n) is 4.79. The zero-order valence-corrected chi connectivity index (χ0v) is 11.9. The molecule has 1 heterocycles. The smallest absolute Gasteiger partial charge is 0.215 e. The van der Waals surface area contributed by atoms with Gasteiger partial charge in [-0.25, -0.2) is 0 Å². The van der Waals surface area contributed by atoms with Crippen molar-refractivity contribution in [1.82, 2.24) is 9.78 Å². The molecule has 1 aromatic heterocycles. The van der Waals surface area contributed by atoms with E-state index in [1.807, 2.05) is 32.9 Å². The van der Waals surface area contributed by atoms with Gasteiger partial charge in [-0.15, -0.1) is 0 Å². The summed E-state index contributed by atoms with van der Waals surface area (Å²) in [6.45, 7) is 5.94. The Morgan fingerprint density at radius 3 is 2.32 bits per heavy atom. The molecule has 0 N–H and O–H groups in total. The molecule has 0 aliphatic rings. The fourth-order valence-corrected chi connectivity index (χ4v) is 2.48. The number of aryl methyl sites for hydroxylation is 4. The van der Waals surface area contributed by atoms with E-state index < -0.39 is 0 Å². The number of methoxy groups -OCH3 is 1. The molecule has 4 nitrogen and oxygen atoms in total. The van der Waals surface area contributed by atoms with Gasteiger partial charge >= 0.3 is 0 Å². The van der Waals surface area contributed by atoms with Gasteiger partial charge in [0, 0.05) is 12.6 Å². The first-order valence-corrected chi connectivity index (χ1v) is 6.14. The van der Waals surface area contributed by atoms with Crippen molar-refractivity contribution in [1.29, 1.82) is 0 Å². The van der Waals surface area contributed by atoms with Crippen LogP contribution in [0.2, 0.25) is 0 Å². The average molecular weight is 258 g/mol. The quantitative estimate of drug-likeness (QED) is 0.795. The van der Waals surface area contributed by atoms with Gasteiger partial charge in [0.2, 0.25) is 5.78 Å². The lowest BCUT2D eigenvalue weighted by molar-refractivity contribution is 0.102. The van der Waals surface area contributed by atoms with Crippen LogP contribution in [0.3, 0.4) is 0 Å². The zero-order valence-electron chi connectivity index (χ0n) is 11.9. The number of rotatable bonds is 3. The van der Waals surface area contributed by atoms with Crippen LogP contribution in [0.25, 0.3) is 0 Å². The second-order valence-corrected chi connectivity index (χ2v) is 4.79. The fourth-order valence-electron chi connectivity index (χ4n) is 2.48. The van der Waals surface area contributed by atoms with E-state index in [0.29, 0.717) is 11.4 Å². The van der Waals surface area contributed by atoms with Crippen molar-refractivity contribution < 1.29 is 9.53 Å². The molecule has 2 aromatic rings. The highest BCUT2D eigenvalue weighted by molar-refractivity contribution is 6.11. The number of ketones is 1. The average Bonchev–Trinajstić information content (AvgIpc) is 2.68. The molecule has 0 aliphatic heterocycles. The molecule has 0 bridgehead atoms. The Bertz CT molecular complexity index is 619. The molecule has 1 aromatic carbocycles. The van der Waals surface area contributed by atoms with Gasteiger partial charge in [0.25, 0.3) is 0 Å². The molecular formula is C15H18N2O2. The topological polar surface area (TPSA) is 44.1 Å². The maximum Gasteiger partial charge on any atom is 0.215 e. The number of nitrogens with zero attached hydrogens (tertiary/aromatic N) is 2. The van der Waals surface area contributed by atoms with Crippen molar-refractivity contribution >= 4 is 5.78 Å². The summed E-state index contributed by atoms with van der Waals surface area (Å²) in [6, 6.07) is 4.03. The highest BCUT2D eigenvalue weighted by Crippen LogP contribution is 2.25. The Hall–Kier alpha value is -2.10. The summed E-state index contributed by atoms with van der Waals surface area (Å²) in [6.07, 6.45) is 1.56. The van der Waals surface area contributed by atoms with E-state index >= 15 is 0 Å². The second kappa shape index (κ2) is 4.88. The Kier molecular flexibility index (Phi) is 3.42. The van der Waals surface area contributed by atoms with Gasteiger partial charge in [-0.2, -0.15) is 5.10 Å². The van der Waals surface area contributed by atoms with Crippen molar-refractivity contribution in [2.24, 2.45) is 7.05 Å². The maximum atomic E-state index is 12.7. The molecule has 0 saturated carbocycles. The van der Waals surface area contributed by atoms with Crippen molar-refractivity contribution in [3.63, 3.8) is 0 Å². The number of aromatic nitrogens is 2. The molecular weight excluding hydrogens is 240 g/mol. The SMILES string of the molecule is COc1cnn(C)c1C(=O)c1c(C)cc(C)cc1C. The van der Waals surface area contributed by atoms with Gasteiger partial charge in [-0.05, 0) is 31.9 Å². The molecule has 2 rings (SSSR count). The molecule has 0 saturated heterocycles. The van der Waals surface area contributed by atoms with E-state index in [1.54, 1.807) is 25.0 Å². The van der Waals surface area contributed by atoms with E-state index in [1.165, 1.54) is 0 Å². The molecule has 0 unspecified atom stereocenters. The highest BCUT2D eigenvalue weighted by Gasteiger charge is 2.22. The van der Waals surface area contributed by atoms with Crippen molar-refractivity contribution in [3.8, 4) is 5.75 Å². The van der Waals surface area contributed by atoms with Crippen molar-refractivity contribution in [2.75, 3.05) is 7.11 Å². The molecule has 0 atom stereocenters. The monoisotopic (exact) mass is 258 g/mol. The predicted octanol–water partition coefficient (Wildman–Crippen LogP) is 2.58. The zero-order chi connectivity index (χ0) is 14.2. The molecule has 4 heteroatoms. The van der Waals surface area contributed by atoms with Gasteiger partial charge in [-0.1, -0.05) is 17.7 Å². The Balaban J connectivity index is 2.59. The van der Waals surface area contributed by atoms with Crippen molar-refractivity contribution in [3.05, 3.63) is 46.3 Å². The fraction of sp³-hybridized carbons (Fsp3) is 0.333. The van der Waals surface area contributed by atoms with E-state index in [-0.39, 0.29) is 5.78 Å². The molecule has 100 valence electrons. The van der Waals surface area contributed by atoms with Gasteiger partial charge in [0.1, 0.15) is 0 Å². The summed E-state index contributed by atoms with van der Waals surface area (Å²) in [5, 5.41) is 4.08. The number of carbonyl (C=O) groups excluding carboxylic acids is 1. The number of ether oxygens (including phenoxy) is 1. The minimum absolute atomic E-state index is 0.0492. The summed E-state index contributed by atoms with van der Waals surface area (Å²) >= 11 is 0. The maximum absolute atomic E-state index is 12.7. The third-order valence-corrected chi connectivity index (χ3v) is 3.24. The number of hydrogen-bond acceptors (Lipinski definition) is 3. The Morgan fingerprint density at radius 2 is 1.79 bits per heavy atom. The standard InChI is InChI=1S/C15H18N2O2/c1-9-6-10(2)13(11(3)7-9)15(18)14-12(19-5)8-16-17(14)4/h6-8H,1-5H3. The summed E-state index contributed by atoms with van der Waals surface area (Å²) in [5.41, 5.74) is 4.32. The number of hydrogen-bond donors (Lipinski definition) is 0. The molecule has 19 heavy (non-hydrogen) atoms. The van der Waals surface area contributed by atoms with E-state index in [9.17, 15) is 4.79 Å². The molecule has 0 aliphatic carbocycles.